The minimum atomic E-state index is 0.384. The van der Waals surface area contributed by atoms with Gasteiger partial charge in [-0.15, -0.1) is 0 Å². The second-order valence-corrected chi connectivity index (χ2v) is 11.1. The van der Waals surface area contributed by atoms with Gasteiger partial charge >= 0.3 is 0 Å². The summed E-state index contributed by atoms with van der Waals surface area (Å²) in [4.78, 5) is 6.72. The Morgan fingerprint density at radius 2 is 0.978 bits per heavy atom. The number of hydrogen-bond acceptors (Lipinski definition) is 3. The summed E-state index contributed by atoms with van der Waals surface area (Å²) >= 11 is 0. The van der Waals surface area contributed by atoms with E-state index in [9.17, 15) is 5.26 Å². The van der Waals surface area contributed by atoms with Crippen LogP contribution in [0.3, 0.4) is 0 Å². The summed E-state index contributed by atoms with van der Waals surface area (Å²) < 4.78 is 0. The molecule has 1 heterocycles. The Labute approximate surface area is 261 Å². The first kappa shape index (κ1) is 26.4. The van der Waals surface area contributed by atoms with Crippen molar-refractivity contribution in [3.8, 4) is 28.3 Å². The number of aromatic nitrogens is 1. The van der Waals surface area contributed by atoms with E-state index in [0.29, 0.717) is 11.5 Å². The molecule has 0 N–H and O–H groups in total. The molecule has 0 saturated heterocycles. The molecule has 0 unspecified atom stereocenters. The normalized spacial score (nSPS) is 11.1. The standard InChI is InChI=1S/C42H27N3/c43-28-31-14-11-23-40(44-31)45(32-15-2-1-3-16-32)33-26-24-30(25-27-33)41-36-18-6-8-20-38(36)42(39-21-9-7-19-37(39)41)35-22-10-13-29-12-4-5-17-34(29)35/h1-27H. The Morgan fingerprint density at radius 3 is 1.64 bits per heavy atom. The van der Waals surface area contributed by atoms with Gasteiger partial charge in [0, 0.05) is 11.4 Å². The van der Waals surface area contributed by atoms with Crippen molar-refractivity contribution in [1.29, 1.82) is 5.26 Å². The van der Waals surface area contributed by atoms with Crippen LogP contribution in [0.5, 0.6) is 0 Å². The van der Waals surface area contributed by atoms with Crippen molar-refractivity contribution in [3.05, 3.63) is 169 Å². The van der Waals surface area contributed by atoms with E-state index in [1.165, 1.54) is 49.0 Å². The zero-order valence-electron chi connectivity index (χ0n) is 24.4. The molecule has 7 aromatic carbocycles. The molecule has 0 atom stereocenters. The number of fused-ring (bicyclic) bond motifs is 3. The first-order valence-corrected chi connectivity index (χ1v) is 15.0. The van der Waals surface area contributed by atoms with Crippen LogP contribution in [0.4, 0.5) is 17.2 Å². The molecular weight excluding hydrogens is 546 g/mol. The number of rotatable bonds is 5. The second kappa shape index (κ2) is 11.1. The maximum Gasteiger partial charge on any atom is 0.142 e. The molecule has 3 nitrogen and oxygen atoms in total. The number of hydrogen-bond donors (Lipinski definition) is 0. The maximum atomic E-state index is 9.53. The van der Waals surface area contributed by atoms with Crippen molar-refractivity contribution in [2.24, 2.45) is 0 Å². The van der Waals surface area contributed by atoms with E-state index in [0.717, 1.165) is 16.9 Å². The van der Waals surface area contributed by atoms with E-state index >= 15 is 0 Å². The summed E-state index contributed by atoms with van der Waals surface area (Å²) in [5.41, 5.74) is 7.19. The quantitative estimate of drug-likeness (QED) is 0.192. The molecule has 0 aliphatic heterocycles. The van der Waals surface area contributed by atoms with E-state index in [-0.39, 0.29) is 0 Å². The molecule has 0 aliphatic carbocycles. The smallest absolute Gasteiger partial charge is 0.142 e. The summed E-state index contributed by atoms with van der Waals surface area (Å²) in [6.45, 7) is 0. The predicted molar refractivity (Wildman–Crippen MR) is 187 cm³/mol. The van der Waals surface area contributed by atoms with Crippen LogP contribution in [0, 0.1) is 11.3 Å². The summed E-state index contributed by atoms with van der Waals surface area (Å²) in [6.07, 6.45) is 0. The number of para-hydroxylation sites is 1. The lowest BCUT2D eigenvalue weighted by atomic mass is 9.85. The minimum absolute atomic E-state index is 0.384. The van der Waals surface area contributed by atoms with Gasteiger partial charge in [-0.3, -0.25) is 4.90 Å². The molecule has 45 heavy (non-hydrogen) atoms. The van der Waals surface area contributed by atoms with E-state index in [4.69, 9.17) is 0 Å². The van der Waals surface area contributed by atoms with Crippen LogP contribution in [-0.4, -0.2) is 4.98 Å². The van der Waals surface area contributed by atoms with Crippen LogP contribution < -0.4 is 4.90 Å². The molecule has 8 rings (SSSR count). The Kier molecular flexibility index (Phi) is 6.52. The minimum Gasteiger partial charge on any atom is -0.295 e. The van der Waals surface area contributed by atoms with Gasteiger partial charge in [0.25, 0.3) is 0 Å². The average molecular weight is 574 g/mol. The highest BCUT2D eigenvalue weighted by molar-refractivity contribution is 6.23. The van der Waals surface area contributed by atoms with E-state index in [2.05, 4.69) is 143 Å². The molecule has 0 bridgehead atoms. The van der Waals surface area contributed by atoms with Gasteiger partial charge in [-0.25, -0.2) is 4.98 Å². The molecule has 0 radical (unpaired) electrons. The van der Waals surface area contributed by atoms with Gasteiger partial charge < -0.3 is 0 Å². The molecule has 8 aromatic rings. The Morgan fingerprint density at radius 1 is 0.444 bits per heavy atom. The largest absolute Gasteiger partial charge is 0.295 e. The van der Waals surface area contributed by atoms with Crippen LogP contribution in [0.2, 0.25) is 0 Å². The van der Waals surface area contributed by atoms with Crippen LogP contribution >= 0.6 is 0 Å². The molecule has 0 spiro atoms. The molecule has 0 fully saturated rings. The maximum absolute atomic E-state index is 9.53. The van der Waals surface area contributed by atoms with Gasteiger partial charge in [0.05, 0.1) is 0 Å². The third kappa shape index (κ3) is 4.57. The van der Waals surface area contributed by atoms with Crippen LogP contribution in [0.15, 0.2) is 164 Å². The number of nitriles is 1. The van der Waals surface area contributed by atoms with Gasteiger partial charge in [0.2, 0.25) is 0 Å². The third-order valence-electron chi connectivity index (χ3n) is 8.50. The predicted octanol–water partition coefficient (Wildman–Crippen LogP) is 11.2. The van der Waals surface area contributed by atoms with Gasteiger partial charge in [-0.1, -0.05) is 127 Å². The van der Waals surface area contributed by atoms with Gasteiger partial charge in [0.1, 0.15) is 17.6 Å². The summed E-state index contributed by atoms with van der Waals surface area (Å²) in [5.74, 6) is 0.698. The van der Waals surface area contributed by atoms with E-state index in [1.807, 2.05) is 30.3 Å². The van der Waals surface area contributed by atoms with Crippen molar-refractivity contribution in [1.82, 2.24) is 4.98 Å². The Balaban J connectivity index is 1.34. The van der Waals surface area contributed by atoms with Crippen molar-refractivity contribution in [2.45, 2.75) is 0 Å². The first-order valence-electron chi connectivity index (χ1n) is 15.0. The summed E-state index contributed by atoms with van der Waals surface area (Å²) in [7, 11) is 0. The van der Waals surface area contributed by atoms with Crippen LogP contribution in [-0.2, 0) is 0 Å². The van der Waals surface area contributed by atoms with Crippen molar-refractivity contribution >= 4 is 49.5 Å². The zero-order chi connectivity index (χ0) is 30.2. The Bertz CT molecular complexity index is 2320. The van der Waals surface area contributed by atoms with Crippen molar-refractivity contribution in [3.63, 3.8) is 0 Å². The highest BCUT2D eigenvalue weighted by atomic mass is 15.2. The summed E-state index contributed by atoms with van der Waals surface area (Å²) in [6, 6.07) is 59.3. The number of anilines is 3. The lowest BCUT2D eigenvalue weighted by Crippen LogP contribution is -2.11. The SMILES string of the molecule is N#Cc1cccc(N(c2ccccc2)c2ccc(-c3c4ccccc4c(-c4cccc5ccccc45)c4ccccc34)cc2)n1. The fourth-order valence-electron chi connectivity index (χ4n) is 6.55. The molecule has 210 valence electrons. The number of pyridine rings is 1. The molecule has 3 heteroatoms. The van der Waals surface area contributed by atoms with Gasteiger partial charge in [-0.2, -0.15) is 5.26 Å². The highest BCUT2D eigenvalue weighted by Gasteiger charge is 2.19. The first-order chi connectivity index (χ1) is 22.3. The fourth-order valence-corrected chi connectivity index (χ4v) is 6.55. The average Bonchev–Trinajstić information content (AvgIpc) is 3.11. The van der Waals surface area contributed by atoms with Gasteiger partial charge in [0.15, 0.2) is 0 Å². The van der Waals surface area contributed by atoms with Crippen LogP contribution in [0.1, 0.15) is 5.69 Å². The monoisotopic (exact) mass is 573 g/mol. The third-order valence-corrected chi connectivity index (χ3v) is 8.50. The highest BCUT2D eigenvalue weighted by Crippen LogP contribution is 2.45. The molecule has 0 aliphatic rings. The second-order valence-electron chi connectivity index (χ2n) is 11.1. The number of nitrogens with zero attached hydrogens (tertiary/aromatic N) is 3. The topological polar surface area (TPSA) is 39.9 Å². The lowest BCUT2D eigenvalue weighted by molar-refractivity contribution is 1.16. The van der Waals surface area contributed by atoms with Crippen molar-refractivity contribution < 1.29 is 0 Å². The zero-order valence-corrected chi connectivity index (χ0v) is 24.4. The Hall–Kier alpha value is -6.24. The molecule has 0 amide bonds. The van der Waals surface area contributed by atoms with E-state index < -0.39 is 0 Å². The molecule has 0 saturated carbocycles. The van der Waals surface area contributed by atoms with Crippen molar-refractivity contribution in [2.75, 3.05) is 4.90 Å². The van der Waals surface area contributed by atoms with Crippen LogP contribution in [0.25, 0.3) is 54.6 Å². The molecular formula is C42H27N3. The molecule has 1 aromatic heterocycles. The number of benzene rings is 7. The van der Waals surface area contributed by atoms with Gasteiger partial charge in [-0.05, 0) is 91.0 Å². The summed E-state index contributed by atoms with van der Waals surface area (Å²) in [5, 5.41) is 16.9. The fraction of sp³-hybridized carbons (Fsp3) is 0. The van der Waals surface area contributed by atoms with E-state index in [1.54, 1.807) is 6.07 Å². The lowest BCUT2D eigenvalue weighted by Gasteiger charge is -2.25.